The van der Waals surface area contributed by atoms with Gasteiger partial charge in [-0.15, -0.1) is 0 Å². The van der Waals surface area contributed by atoms with Crippen LogP contribution in [0.5, 0.6) is 11.5 Å². The molecule has 0 saturated heterocycles. The summed E-state index contributed by atoms with van der Waals surface area (Å²) in [6.07, 6.45) is 0.870. The summed E-state index contributed by atoms with van der Waals surface area (Å²) in [5.74, 6) is 1.47. The van der Waals surface area contributed by atoms with Crippen molar-refractivity contribution < 1.29 is 14.6 Å². The molecule has 7 heteroatoms. The van der Waals surface area contributed by atoms with Gasteiger partial charge in [0, 0.05) is 12.0 Å². The SMILES string of the molecule is Cc1nn2c(CO)c(-c3ccc4c(c3)OCCCO4)nc2s1. The quantitative estimate of drug-likeness (QED) is 0.786. The molecule has 1 aliphatic rings. The largest absolute Gasteiger partial charge is 0.490 e. The van der Waals surface area contributed by atoms with Gasteiger partial charge in [0.15, 0.2) is 11.5 Å². The van der Waals surface area contributed by atoms with Crippen LogP contribution >= 0.6 is 11.3 Å². The number of nitrogens with zero attached hydrogens (tertiary/aromatic N) is 3. The Morgan fingerprint density at radius 1 is 1.27 bits per heavy atom. The molecule has 1 aliphatic heterocycles. The summed E-state index contributed by atoms with van der Waals surface area (Å²) >= 11 is 1.50. The molecule has 6 nitrogen and oxygen atoms in total. The molecule has 3 heterocycles. The average molecular weight is 317 g/mol. The van der Waals surface area contributed by atoms with Crippen LogP contribution in [0.15, 0.2) is 18.2 Å². The molecular weight excluding hydrogens is 302 g/mol. The van der Waals surface area contributed by atoms with Gasteiger partial charge in [-0.2, -0.15) is 5.10 Å². The number of aromatic nitrogens is 3. The molecule has 0 saturated carbocycles. The van der Waals surface area contributed by atoms with E-state index in [4.69, 9.17) is 9.47 Å². The standard InChI is InChI=1S/C15H15N3O3S/c1-9-17-18-11(8-19)14(16-15(18)22-9)10-3-4-12-13(7-10)21-6-2-5-20-12/h3-4,7,19H,2,5-6,8H2,1H3. The molecule has 0 spiro atoms. The van der Waals surface area contributed by atoms with Gasteiger partial charge in [-0.3, -0.25) is 0 Å². The Bertz CT molecular complexity index is 840. The van der Waals surface area contributed by atoms with Crippen molar-refractivity contribution >= 4 is 16.3 Å². The van der Waals surface area contributed by atoms with Crippen LogP contribution in [0.3, 0.4) is 0 Å². The van der Waals surface area contributed by atoms with Crippen molar-refractivity contribution in [1.82, 2.24) is 14.6 Å². The predicted octanol–water partition coefficient (Wildman–Crippen LogP) is 2.42. The lowest BCUT2D eigenvalue weighted by atomic mass is 10.1. The molecule has 3 aromatic rings. The Labute approximate surface area is 130 Å². The molecule has 1 N–H and O–H groups in total. The number of fused-ring (bicyclic) bond motifs is 2. The van der Waals surface area contributed by atoms with Crippen LogP contribution in [0.4, 0.5) is 0 Å². The topological polar surface area (TPSA) is 68.9 Å². The van der Waals surface area contributed by atoms with Crippen LogP contribution in [0, 0.1) is 6.92 Å². The van der Waals surface area contributed by atoms with Gasteiger partial charge in [-0.1, -0.05) is 11.3 Å². The van der Waals surface area contributed by atoms with E-state index in [1.54, 1.807) is 4.52 Å². The summed E-state index contributed by atoms with van der Waals surface area (Å²) in [6.45, 7) is 3.11. The molecule has 0 unspecified atom stereocenters. The molecular formula is C15H15N3O3S. The highest BCUT2D eigenvalue weighted by molar-refractivity contribution is 7.16. The number of aliphatic hydroxyl groups is 1. The zero-order chi connectivity index (χ0) is 15.1. The van der Waals surface area contributed by atoms with Crippen LogP contribution < -0.4 is 9.47 Å². The maximum Gasteiger partial charge on any atom is 0.213 e. The molecule has 0 bridgehead atoms. The summed E-state index contributed by atoms with van der Waals surface area (Å²) < 4.78 is 13.1. The maximum absolute atomic E-state index is 9.71. The van der Waals surface area contributed by atoms with E-state index < -0.39 is 0 Å². The third-order valence-electron chi connectivity index (χ3n) is 3.57. The summed E-state index contributed by atoms with van der Waals surface area (Å²) in [4.78, 5) is 5.39. The number of hydrogen-bond donors (Lipinski definition) is 1. The number of rotatable bonds is 2. The second-order valence-corrected chi connectivity index (χ2v) is 6.25. The normalized spacial score (nSPS) is 14.3. The van der Waals surface area contributed by atoms with Gasteiger partial charge in [0.25, 0.3) is 0 Å². The Morgan fingerprint density at radius 2 is 2.09 bits per heavy atom. The van der Waals surface area contributed by atoms with E-state index in [1.165, 1.54) is 11.3 Å². The first-order chi connectivity index (χ1) is 10.8. The third-order valence-corrected chi connectivity index (χ3v) is 4.39. The van der Waals surface area contributed by atoms with E-state index >= 15 is 0 Å². The van der Waals surface area contributed by atoms with Crippen LogP contribution in [-0.2, 0) is 6.61 Å². The third kappa shape index (κ3) is 2.13. The van der Waals surface area contributed by atoms with E-state index in [9.17, 15) is 5.11 Å². The van der Waals surface area contributed by atoms with Crippen molar-refractivity contribution in [3.05, 3.63) is 28.9 Å². The minimum Gasteiger partial charge on any atom is -0.490 e. The number of aryl methyl sites for hydroxylation is 1. The number of hydrogen-bond acceptors (Lipinski definition) is 6. The molecule has 2 aromatic heterocycles. The number of aliphatic hydroxyl groups excluding tert-OH is 1. The van der Waals surface area contributed by atoms with E-state index in [-0.39, 0.29) is 6.61 Å². The highest BCUT2D eigenvalue weighted by Gasteiger charge is 2.19. The summed E-state index contributed by atoms with van der Waals surface area (Å²) in [6, 6.07) is 5.74. The van der Waals surface area contributed by atoms with Crippen LogP contribution in [0.25, 0.3) is 16.2 Å². The van der Waals surface area contributed by atoms with Gasteiger partial charge in [0.2, 0.25) is 4.96 Å². The van der Waals surface area contributed by atoms with Crippen molar-refractivity contribution in [3.63, 3.8) is 0 Å². The lowest BCUT2D eigenvalue weighted by Crippen LogP contribution is -1.97. The molecule has 0 amide bonds. The first kappa shape index (κ1) is 13.5. The monoisotopic (exact) mass is 317 g/mol. The molecule has 0 aliphatic carbocycles. The highest BCUT2D eigenvalue weighted by atomic mass is 32.1. The Balaban J connectivity index is 1.84. The first-order valence-electron chi connectivity index (χ1n) is 7.12. The zero-order valence-corrected chi connectivity index (χ0v) is 12.9. The molecule has 4 rings (SSSR count). The molecule has 0 atom stereocenters. The Morgan fingerprint density at radius 3 is 2.91 bits per heavy atom. The summed E-state index contributed by atoms with van der Waals surface area (Å²) in [5.41, 5.74) is 2.31. The molecule has 0 fully saturated rings. The zero-order valence-electron chi connectivity index (χ0n) is 12.1. The summed E-state index contributed by atoms with van der Waals surface area (Å²) in [7, 11) is 0. The smallest absolute Gasteiger partial charge is 0.213 e. The van der Waals surface area contributed by atoms with Crippen LogP contribution in [0.1, 0.15) is 17.1 Å². The van der Waals surface area contributed by atoms with E-state index in [2.05, 4.69) is 10.1 Å². The number of benzene rings is 1. The second kappa shape index (κ2) is 5.26. The van der Waals surface area contributed by atoms with Gasteiger partial charge in [-0.25, -0.2) is 9.50 Å². The van der Waals surface area contributed by atoms with Crippen LogP contribution in [0.2, 0.25) is 0 Å². The Kier molecular flexibility index (Phi) is 3.24. The molecule has 114 valence electrons. The fourth-order valence-electron chi connectivity index (χ4n) is 2.57. The van der Waals surface area contributed by atoms with Gasteiger partial charge in [-0.05, 0) is 25.1 Å². The molecule has 0 radical (unpaired) electrons. The van der Waals surface area contributed by atoms with Crippen molar-refractivity contribution in [2.45, 2.75) is 20.0 Å². The minimum absolute atomic E-state index is 0.117. The van der Waals surface area contributed by atoms with Crippen molar-refractivity contribution in [2.75, 3.05) is 13.2 Å². The van der Waals surface area contributed by atoms with E-state index in [0.29, 0.717) is 18.9 Å². The number of imidazole rings is 1. The fourth-order valence-corrected chi connectivity index (χ4v) is 3.33. The fraction of sp³-hybridized carbons (Fsp3) is 0.333. The van der Waals surface area contributed by atoms with E-state index in [1.807, 2.05) is 25.1 Å². The maximum atomic E-state index is 9.71. The van der Waals surface area contributed by atoms with Crippen molar-refractivity contribution in [2.24, 2.45) is 0 Å². The summed E-state index contributed by atoms with van der Waals surface area (Å²) in [5, 5.41) is 15.0. The number of ether oxygens (including phenoxy) is 2. The minimum atomic E-state index is -0.117. The molecule has 1 aromatic carbocycles. The van der Waals surface area contributed by atoms with Gasteiger partial charge in [0.1, 0.15) is 5.01 Å². The predicted molar refractivity (Wildman–Crippen MR) is 82.6 cm³/mol. The highest BCUT2D eigenvalue weighted by Crippen LogP contribution is 2.35. The van der Waals surface area contributed by atoms with Gasteiger partial charge >= 0.3 is 0 Å². The van der Waals surface area contributed by atoms with Crippen molar-refractivity contribution in [3.8, 4) is 22.8 Å². The van der Waals surface area contributed by atoms with Gasteiger partial charge < -0.3 is 14.6 Å². The van der Waals surface area contributed by atoms with Gasteiger partial charge in [0.05, 0.1) is 31.2 Å². The van der Waals surface area contributed by atoms with Crippen LogP contribution in [-0.4, -0.2) is 32.9 Å². The van der Waals surface area contributed by atoms with E-state index in [0.717, 1.165) is 39.1 Å². The second-order valence-electron chi connectivity index (χ2n) is 5.09. The average Bonchev–Trinajstić information content (AvgIpc) is 2.92. The Hall–Kier alpha value is -2.12. The first-order valence-corrected chi connectivity index (χ1v) is 7.94. The lowest BCUT2D eigenvalue weighted by molar-refractivity contribution is 0.275. The lowest BCUT2D eigenvalue weighted by Gasteiger charge is -2.09. The molecule has 22 heavy (non-hydrogen) atoms. The van der Waals surface area contributed by atoms with Crippen molar-refractivity contribution in [1.29, 1.82) is 0 Å².